The van der Waals surface area contributed by atoms with Gasteiger partial charge in [-0.25, -0.2) is 9.59 Å². The highest BCUT2D eigenvalue weighted by Gasteiger charge is 2.15. The maximum Gasteiger partial charge on any atom is 0.342 e. The molecule has 2 aromatic rings. The van der Waals surface area contributed by atoms with Gasteiger partial charge in [0.1, 0.15) is 17.9 Å². The summed E-state index contributed by atoms with van der Waals surface area (Å²) in [6, 6.07) is 15.0. The maximum absolute atomic E-state index is 12.1. The fourth-order valence-electron chi connectivity index (χ4n) is 1.88. The molecule has 2 aromatic carbocycles. The second-order valence-electron chi connectivity index (χ2n) is 4.76. The minimum absolute atomic E-state index is 0.181. The molecule has 0 heterocycles. The van der Waals surface area contributed by atoms with E-state index in [0.717, 1.165) is 5.56 Å². The Bertz CT molecular complexity index is 731. The number of ether oxygens (including phenoxy) is 2. The molecule has 0 aliphatic heterocycles. The lowest BCUT2D eigenvalue weighted by Crippen LogP contribution is -2.37. The zero-order valence-electron chi connectivity index (χ0n) is 12.7. The van der Waals surface area contributed by atoms with Crippen LogP contribution in [0.25, 0.3) is 0 Å². The second kappa shape index (κ2) is 8.33. The summed E-state index contributed by atoms with van der Waals surface area (Å²) in [5.41, 5.74) is 5.93. The van der Waals surface area contributed by atoms with Gasteiger partial charge in [0.15, 0.2) is 6.61 Å². The summed E-state index contributed by atoms with van der Waals surface area (Å²) in [6.07, 6.45) is 0. The minimum atomic E-state index is -1.01. The summed E-state index contributed by atoms with van der Waals surface area (Å²) in [5, 5.41) is 1.80. The Morgan fingerprint density at radius 3 is 2.33 bits per heavy atom. The van der Waals surface area contributed by atoms with Crippen molar-refractivity contribution in [1.82, 2.24) is 5.32 Å². The molecule has 3 N–H and O–H groups in total. The Kier molecular flexibility index (Phi) is 5.90. The first-order valence-electron chi connectivity index (χ1n) is 7.08. The van der Waals surface area contributed by atoms with Gasteiger partial charge in [-0.2, -0.15) is 0 Å². The molecule has 124 valence electrons. The fraction of sp³-hybridized carbons (Fsp3) is 0.118. The standard InChI is InChI=1S/C17H16N2O5/c18-17(22)19-15(20)11-24-16(21)13-8-4-5-9-14(13)23-10-12-6-2-1-3-7-12/h1-9H,10-11H2,(H3,18,19,20,22). The molecule has 0 unspecified atom stereocenters. The number of benzene rings is 2. The molecule has 0 saturated carbocycles. The SMILES string of the molecule is NC(=O)NC(=O)COC(=O)c1ccccc1OCc1ccccc1. The average Bonchev–Trinajstić information content (AvgIpc) is 2.58. The van der Waals surface area contributed by atoms with Crippen LogP contribution in [0.1, 0.15) is 15.9 Å². The third kappa shape index (κ3) is 5.13. The third-order valence-electron chi connectivity index (χ3n) is 2.94. The van der Waals surface area contributed by atoms with E-state index in [1.54, 1.807) is 23.5 Å². The van der Waals surface area contributed by atoms with E-state index in [1.807, 2.05) is 30.3 Å². The Morgan fingerprint density at radius 1 is 0.958 bits per heavy atom. The van der Waals surface area contributed by atoms with Crippen LogP contribution in [0.3, 0.4) is 0 Å². The van der Waals surface area contributed by atoms with Gasteiger partial charge in [0.2, 0.25) is 0 Å². The molecule has 2 rings (SSSR count). The van der Waals surface area contributed by atoms with Gasteiger partial charge in [-0.15, -0.1) is 0 Å². The van der Waals surface area contributed by atoms with Gasteiger partial charge in [-0.3, -0.25) is 10.1 Å². The predicted molar refractivity (Wildman–Crippen MR) is 85.2 cm³/mol. The number of rotatable bonds is 6. The summed E-state index contributed by atoms with van der Waals surface area (Å²) in [5.74, 6) is -1.21. The molecule has 7 heteroatoms. The maximum atomic E-state index is 12.1. The van der Waals surface area contributed by atoms with E-state index in [1.165, 1.54) is 6.07 Å². The van der Waals surface area contributed by atoms with Crippen molar-refractivity contribution in [2.24, 2.45) is 5.73 Å². The Labute approximate surface area is 138 Å². The number of carbonyl (C=O) groups excluding carboxylic acids is 3. The van der Waals surface area contributed by atoms with Crippen LogP contribution >= 0.6 is 0 Å². The number of imide groups is 1. The number of esters is 1. The molecular formula is C17H16N2O5. The van der Waals surface area contributed by atoms with Crippen molar-refractivity contribution >= 4 is 17.9 Å². The van der Waals surface area contributed by atoms with Crippen LogP contribution in [-0.2, 0) is 16.1 Å². The molecule has 0 aliphatic carbocycles. The third-order valence-corrected chi connectivity index (χ3v) is 2.94. The molecule has 7 nitrogen and oxygen atoms in total. The number of carbonyl (C=O) groups is 3. The molecular weight excluding hydrogens is 312 g/mol. The van der Waals surface area contributed by atoms with E-state index in [9.17, 15) is 14.4 Å². The van der Waals surface area contributed by atoms with Crippen molar-refractivity contribution in [2.45, 2.75) is 6.61 Å². The van der Waals surface area contributed by atoms with E-state index in [4.69, 9.17) is 15.2 Å². The van der Waals surface area contributed by atoms with Crippen LogP contribution in [0.4, 0.5) is 4.79 Å². The number of amides is 3. The monoisotopic (exact) mass is 328 g/mol. The van der Waals surface area contributed by atoms with Gasteiger partial charge in [0, 0.05) is 0 Å². The fourth-order valence-corrected chi connectivity index (χ4v) is 1.88. The molecule has 0 bridgehead atoms. The first-order chi connectivity index (χ1) is 11.6. The van der Waals surface area contributed by atoms with E-state index in [-0.39, 0.29) is 12.2 Å². The van der Waals surface area contributed by atoms with Crippen LogP contribution < -0.4 is 15.8 Å². The summed E-state index contributed by atoms with van der Waals surface area (Å²) in [6.45, 7) is -0.331. The minimum Gasteiger partial charge on any atom is -0.488 e. The lowest BCUT2D eigenvalue weighted by molar-refractivity contribution is -0.123. The number of hydrogen-bond donors (Lipinski definition) is 2. The molecule has 0 aliphatic rings. The van der Waals surface area contributed by atoms with Gasteiger partial charge in [0.25, 0.3) is 5.91 Å². The number of urea groups is 1. The first kappa shape index (κ1) is 17.0. The summed E-state index contributed by atoms with van der Waals surface area (Å²) in [7, 11) is 0. The van der Waals surface area contributed by atoms with Crippen LogP contribution in [0, 0.1) is 0 Å². The smallest absolute Gasteiger partial charge is 0.342 e. The topological polar surface area (TPSA) is 108 Å². The van der Waals surface area contributed by atoms with Crippen molar-refractivity contribution in [3.8, 4) is 5.75 Å². The summed E-state index contributed by atoms with van der Waals surface area (Å²) >= 11 is 0. The van der Waals surface area contributed by atoms with E-state index >= 15 is 0 Å². The van der Waals surface area contributed by atoms with Crippen LogP contribution in [0.2, 0.25) is 0 Å². The Balaban J connectivity index is 1.98. The Hall–Kier alpha value is -3.35. The van der Waals surface area contributed by atoms with Crippen molar-refractivity contribution in [3.63, 3.8) is 0 Å². The van der Waals surface area contributed by atoms with Gasteiger partial charge in [-0.05, 0) is 17.7 Å². The number of nitrogens with one attached hydrogen (secondary N) is 1. The van der Waals surface area contributed by atoms with Crippen LogP contribution in [0.15, 0.2) is 54.6 Å². The zero-order chi connectivity index (χ0) is 17.4. The van der Waals surface area contributed by atoms with E-state index < -0.39 is 24.5 Å². The summed E-state index contributed by atoms with van der Waals surface area (Å²) in [4.78, 5) is 33.9. The number of primary amides is 1. The number of para-hydroxylation sites is 1. The average molecular weight is 328 g/mol. The largest absolute Gasteiger partial charge is 0.488 e. The lowest BCUT2D eigenvalue weighted by atomic mass is 10.2. The van der Waals surface area contributed by atoms with Gasteiger partial charge in [-0.1, -0.05) is 42.5 Å². The van der Waals surface area contributed by atoms with Crippen molar-refractivity contribution < 1.29 is 23.9 Å². The molecule has 0 atom stereocenters. The van der Waals surface area contributed by atoms with Crippen LogP contribution in [-0.4, -0.2) is 24.5 Å². The highest BCUT2D eigenvalue weighted by atomic mass is 16.5. The number of nitrogens with two attached hydrogens (primary N) is 1. The quantitative estimate of drug-likeness (QED) is 0.783. The second-order valence-corrected chi connectivity index (χ2v) is 4.76. The summed E-state index contributed by atoms with van der Waals surface area (Å²) < 4.78 is 10.5. The van der Waals surface area contributed by atoms with Crippen LogP contribution in [0.5, 0.6) is 5.75 Å². The molecule has 3 amide bonds. The molecule has 24 heavy (non-hydrogen) atoms. The normalized spacial score (nSPS) is 9.83. The Morgan fingerprint density at radius 2 is 1.62 bits per heavy atom. The van der Waals surface area contributed by atoms with Gasteiger partial charge >= 0.3 is 12.0 Å². The van der Waals surface area contributed by atoms with Crippen molar-refractivity contribution in [3.05, 3.63) is 65.7 Å². The first-order valence-corrected chi connectivity index (χ1v) is 7.08. The van der Waals surface area contributed by atoms with Gasteiger partial charge in [0.05, 0.1) is 0 Å². The molecule has 0 spiro atoms. The lowest BCUT2D eigenvalue weighted by Gasteiger charge is -2.11. The van der Waals surface area contributed by atoms with Crippen molar-refractivity contribution in [2.75, 3.05) is 6.61 Å². The van der Waals surface area contributed by atoms with E-state index in [0.29, 0.717) is 5.75 Å². The highest BCUT2D eigenvalue weighted by Crippen LogP contribution is 2.20. The zero-order valence-corrected chi connectivity index (χ0v) is 12.7. The number of hydrogen-bond acceptors (Lipinski definition) is 5. The van der Waals surface area contributed by atoms with Crippen molar-refractivity contribution in [1.29, 1.82) is 0 Å². The van der Waals surface area contributed by atoms with E-state index in [2.05, 4.69) is 0 Å². The molecule has 0 aromatic heterocycles. The predicted octanol–water partition coefficient (Wildman–Crippen LogP) is 1.62. The molecule has 0 fully saturated rings. The molecule has 0 saturated heterocycles. The highest BCUT2D eigenvalue weighted by molar-refractivity contribution is 5.97. The van der Waals surface area contributed by atoms with Gasteiger partial charge < -0.3 is 15.2 Å². The molecule has 0 radical (unpaired) electrons.